The SMILES string of the molecule is C(=N\C(c1ccccc1)c1ccccc1)/c1ccoc1. The quantitative estimate of drug-likeness (QED) is 0.635. The molecule has 0 fully saturated rings. The molecule has 0 amide bonds. The van der Waals surface area contributed by atoms with Crippen LogP contribution in [0.4, 0.5) is 0 Å². The summed E-state index contributed by atoms with van der Waals surface area (Å²) in [7, 11) is 0. The Morgan fingerprint density at radius 2 is 1.40 bits per heavy atom. The number of hydrogen-bond donors (Lipinski definition) is 0. The fraction of sp³-hybridized carbons (Fsp3) is 0.0556. The van der Waals surface area contributed by atoms with E-state index in [4.69, 9.17) is 9.41 Å². The third-order valence-electron chi connectivity index (χ3n) is 3.15. The Kier molecular flexibility index (Phi) is 3.74. The van der Waals surface area contributed by atoms with Crippen molar-refractivity contribution in [2.75, 3.05) is 0 Å². The molecule has 0 spiro atoms. The van der Waals surface area contributed by atoms with Gasteiger partial charge in [0, 0.05) is 11.8 Å². The van der Waals surface area contributed by atoms with Gasteiger partial charge in [0.1, 0.15) is 0 Å². The lowest BCUT2D eigenvalue weighted by atomic mass is 9.99. The number of rotatable bonds is 4. The smallest absolute Gasteiger partial charge is 0.0999 e. The molecule has 0 bridgehead atoms. The van der Waals surface area contributed by atoms with Crippen molar-refractivity contribution in [1.29, 1.82) is 0 Å². The fourth-order valence-electron chi connectivity index (χ4n) is 2.14. The topological polar surface area (TPSA) is 25.5 Å². The van der Waals surface area contributed by atoms with Gasteiger partial charge in [0.05, 0.1) is 18.6 Å². The third-order valence-corrected chi connectivity index (χ3v) is 3.15. The van der Waals surface area contributed by atoms with Gasteiger partial charge in [-0.1, -0.05) is 60.7 Å². The monoisotopic (exact) mass is 261 g/mol. The molecule has 0 saturated heterocycles. The van der Waals surface area contributed by atoms with Crippen LogP contribution in [-0.4, -0.2) is 6.21 Å². The van der Waals surface area contributed by atoms with E-state index in [-0.39, 0.29) is 6.04 Å². The minimum atomic E-state index is 0.00676. The van der Waals surface area contributed by atoms with Crippen molar-refractivity contribution in [1.82, 2.24) is 0 Å². The Bertz CT molecular complexity index is 618. The second-order valence-electron chi connectivity index (χ2n) is 4.56. The summed E-state index contributed by atoms with van der Waals surface area (Å²) in [6, 6.07) is 22.5. The van der Waals surface area contributed by atoms with Crippen LogP contribution in [0.1, 0.15) is 22.7 Å². The lowest BCUT2D eigenvalue weighted by Crippen LogP contribution is -1.98. The molecule has 3 aromatic rings. The van der Waals surface area contributed by atoms with Crippen LogP contribution in [0.5, 0.6) is 0 Å². The van der Waals surface area contributed by atoms with E-state index in [0.29, 0.717) is 0 Å². The molecule has 2 aromatic carbocycles. The van der Waals surface area contributed by atoms with Gasteiger partial charge in [0.15, 0.2) is 0 Å². The summed E-state index contributed by atoms with van der Waals surface area (Å²) >= 11 is 0. The van der Waals surface area contributed by atoms with Crippen molar-refractivity contribution in [3.63, 3.8) is 0 Å². The van der Waals surface area contributed by atoms with Crippen molar-refractivity contribution >= 4 is 6.21 Å². The molecule has 3 rings (SSSR count). The van der Waals surface area contributed by atoms with E-state index < -0.39 is 0 Å². The average Bonchev–Trinajstić information content (AvgIpc) is 3.03. The molecule has 0 radical (unpaired) electrons. The molecule has 0 aliphatic heterocycles. The molecule has 20 heavy (non-hydrogen) atoms. The minimum Gasteiger partial charge on any atom is -0.472 e. The first-order valence-electron chi connectivity index (χ1n) is 6.59. The molecule has 0 atom stereocenters. The maximum atomic E-state index is 5.07. The summed E-state index contributed by atoms with van der Waals surface area (Å²) in [6.45, 7) is 0. The van der Waals surface area contributed by atoms with E-state index in [9.17, 15) is 0 Å². The summed E-state index contributed by atoms with van der Waals surface area (Å²) in [6.07, 6.45) is 5.20. The Morgan fingerprint density at radius 3 is 1.90 bits per heavy atom. The molecule has 2 nitrogen and oxygen atoms in total. The molecule has 98 valence electrons. The van der Waals surface area contributed by atoms with Crippen molar-refractivity contribution in [2.24, 2.45) is 4.99 Å². The van der Waals surface area contributed by atoms with Gasteiger partial charge in [-0.05, 0) is 17.2 Å². The zero-order valence-corrected chi connectivity index (χ0v) is 11.0. The zero-order valence-electron chi connectivity index (χ0n) is 11.0. The molecule has 0 N–H and O–H groups in total. The summed E-state index contributed by atoms with van der Waals surface area (Å²) in [5.41, 5.74) is 3.33. The first kappa shape index (κ1) is 12.4. The molecule has 0 aliphatic carbocycles. The molecule has 0 unspecified atom stereocenters. The molecular weight excluding hydrogens is 246 g/mol. The molecular formula is C18H15NO. The summed E-state index contributed by atoms with van der Waals surface area (Å²) in [5, 5.41) is 0. The summed E-state index contributed by atoms with van der Waals surface area (Å²) < 4.78 is 5.07. The highest BCUT2D eigenvalue weighted by Gasteiger charge is 2.11. The van der Waals surface area contributed by atoms with E-state index >= 15 is 0 Å². The maximum Gasteiger partial charge on any atom is 0.0999 e. The second kappa shape index (κ2) is 6.02. The molecule has 0 aliphatic rings. The van der Waals surface area contributed by atoms with Crippen LogP contribution in [0, 0.1) is 0 Å². The van der Waals surface area contributed by atoms with Crippen LogP contribution in [0.15, 0.2) is 88.7 Å². The third kappa shape index (κ3) is 2.86. The van der Waals surface area contributed by atoms with Crippen LogP contribution >= 0.6 is 0 Å². The first-order chi connectivity index (χ1) is 9.93. The standard InChI is InChI=1S/C18H15NO/c1-3-7-16(8-4-1)18(17-9-5-2-6-10-17)19-13-15-11-12-20-14-15/h1-14,18H/b19-13+. The van der Waals surface area contributed by atoms with Crippen LogP contribution in [0.2, 0.25) is 0 Å². The summed E-state index contributed by atoms with van der Waals surface area (Å²) in [4.78, 5) is 4.72. The second-order valence-corrected chi connectivity index (χ2v) is 4.56. The number of nitrogens with zero attached hydrogens (tertiary/aromatic N) is 1. The van der Waals surface area contributed by atoms with Crippen LogP contribution in [0.3, 0.4) is 0 Å². The van der Waals surface area contributed by atoms with Crippen LogP contribution in [-0.2, 0) is 0 Å². The van der Waals surface area contributed by atoms with Crippen molar-refractivity contribution < 1.29 is 4.42 Å². The zero-order chi connectivity index (χ0) is 13.6. The predicted molar refractivity (Wildman–Crippen MR) is 81.0 cm³/mol. The fourth-order valence-corrected chi connectivity index (χ4v) is 2.14. The Labute approximate surface area is 118 Å². The van der Waals surface area contributed by atoms with E-state index in [2.05, 4.69) is 24.3 Å². The number of aliphatic imine (C=N–C) groups is 1. The Morgan fingerprint density at radius 1 is 0.800 bits per heavy atom. The number of hydrogen-bond acceptors (Lipinski definition) is 2. The molecule has 2 heteroatoms. The highest BCUT2D eigenvalue weighted by Crippen LogP contribution is 2.25. The van der Waals surface area contributed by atoms with Gasteiger partial charge in [-0.25, -0.2) is 0 Å². The van der Waals surface area contributed by atoms with Gasteiger partial charge in [-0.2, -0.15) is 0 Å². The maximum absolute atomic E-state index is 5.07. The van der Waals surface area contributed by atoms with Gasteiger partial charge in [-0.3, -0.25) is 4.99 Å². The average molecular weight is 261 g/mol. The van der Waals surface area contributed by atoms with E-state index in [0.717, 1.165) is 5.56 Å². The van der Waals surface area contributed by atoms with E-state index in [1.54, 1.807) is 12.5 Å². The van der Waals surface area contributed by atoms with Crippen molar-refractivity contribution in [3.05, 3.63) is 95.9 Å². The van der Waals surface area contributed by atoms with Crippen LogP contribution in [0.25, 0.3) is 0 Å². The Balaban J connectivity index is 1.96. The first-order valence-corrected chi connectivity index (χ1v) is 6.59. The largest absolute Gasteiger partial charge is 0.472 e. The lowest BCUT2D eigenvalue weighted by molar-refractivity contribution is 0.567. The van der Waals surface area contributed by atoms with Crippen molar-refractivity contribution in [2.45, 2.75) is 6.04 Å². The van der Waals surface area contributed by atoms with E-state index in [1.807, 2.05) is 48.7 Å². The van der Waals surface area contributed by atoms with Gasteiger partial charge in [-0.15, -0.1) is 0 Å². The summed E-state index contributed by atoms with van der Waals surface area (Å²) in [5.74, 6) is 0. The van der Waals surface area contributed by atoms with Crippen molar-refractivity contribution in [3.8, 4) is 0 Å². The van der Waals surface area contributed by atoms with Gasteiger partial charge in [0.25, 0.3) is 0 Å². The molecule has 1 aromatic heterocycles. The normalized spacial score (nSPS) is 11.2. The van der Waals surface area contributed by atoms with Gasteiger partial charge >= 0.3 is 0 Å². The minimum absolute atomic E-state index is 0.00676. The number of benzene rings is 2. The Hall–Kier alpha value is -2.61. The van der Waals surface area contributed by atoms with Crippen LogP contribution < -0.4 is 0 Å². The number of furan rings is 1. The molecule has 0 saturated carbocycles. The molecule has 1 heterocycles. The lowest BCUT2D eigenvalue weighted by Gasteiger charge is -2.13. The van der Waals surface area contributed by atoms with E-state index in [1.165, 1.54) is 11.1 Å². The predicted octanol–water partition coefficient (Wildman–Crippen LogP) is 4.49. The van der Waals surface area contributed by atoms with Gasteiger partial charge in [0.2, 0.25) is 0 Å². The highest BCUT2D eigenvalue weighted by molar-refractivity contribution is 5.79. The van der Waals surface area contributed by atoms with Gasteiger partial charge < -0.3 is 4.42 Å². The highest BCUT2D eigenvalue weighted by atomic mass is 16.3.